The van der Waals surface area contributed by atoms with Crippen molar-refractivity contribution in [2.75, 3.05) is 52.0 Å². The summed E-state index contributed by atoms with van der Waals surface area (Å²) in [5.74, 6) is 0.339. The lowest BCUT2D eigenvalue weighted by Crippen LogP contribution is -2.41. The number of likely N-dealkylation sites (tertiary alicyclic amines) is 1. The summed E-state index contributed by atoms with van der Waals surface area (Å²) < 4.78 is 44.6. The second-order valence-corrected chi connectivity index (χ2v) is 7.83. The van der Waals surface area contributed by atoms with Gasteiger partial charge in [0.1, 0.15) is 17.1 Å². The molecule has 10 heteroatoms. The summed E-state index contributed by atoms with van der Waals surface area (Å²) >= 11 is 0. The number of methoxy groups -OCH3 is 1. The van der Waals surface area contributed by atoms with E-state index in [1.165, 1.54) is 7.05 Å². The third-order valence-electron chi connectivity index (χ3n) is 5.54. The Bertz CT molecular complexity index is 882. The van der Waals surface area contributed by atoms with Crippen molar-refractivity contribution in [3.05, 3.63) is 35.5 Å². The molecule has 7 nitrogen and oxygen atoms in total. The van der Waals surface area contributed by atoms with E-state index in [0.717, 1.165) is 44.2 Å². The minimum atomic E-state index is -4.53. The van der Waals surface area contributed by atoms with Crippen LogP contribution in [0, 0.1) is 0 Å². The topological polar surface area (TPSA) is 65.6 Å². The Morgan fingerprint density at radius 1 is 1.23 bits per heavy atom. The number of nitrogens with zero attached hydrogens (tertiary/aromatic N) is 4. The number of piperidine rings is 1. The van der Waals surface area contributed by atoms with Crippen LogP contribution in [0.1, 0.15) is 24.0 Å². The van der Waals surface area contributed by atoms with Crippen molar-refractivity contribution in [3.8, 4) is 5.75 Å². The monoisotopic (exact) mass is 438 g/mol. The predicted molar refractivity (Wildman–Crippen MR) is 115 cm³/mol. The summed E-state index contributed by atoms with van der Waals surface area (Å²) in [5, 5.41) is 5.42. The molecule has 0 radical (unpaired) electrons. The smallest absolute Gasteiger partial charge is 0.421 e. The number of halogens is 3. The van der Waals surface area contributed by atoms with E-state index in [9.17, 15) is 13.2 Å². The van der Waals surface area contributed by atoms with Gasteiger partial charge < -0.3 is 20.3 Å². The van der Waals surface area contributed by atoms with Crippen LogP contribution in [0.15, 0.2) is 24.4 Å². The van der Waals surface area contributed by atoms with Gasteiger partial charge in [-0.2, -0.15) is 18.2 Å². The van der Waals surface area contributed by atoms with Gasteiger partial charge in [0.2, 0.25) is 5.95 Å². The summed E-state index contributed by atoms with van der Waals surface area (Å²) in [6.07, 6.45) is -1.48. The van der Waals surface area contributed by atoms with E-state index >= 15 is 0 Å². The van der Waals surface area contributed by atoms with Crippen LogP contribution in [-0.4, -0.2) is 67.2 Å². The van der Waals surface area contributed by atoms with Crippen molar-refractivity contribution in [2.24, 2.45) is 0 Å². The third kappa shape index (κ3) is 5.76. The fraction of sp³-hybridized carbons (Fsp3) is 0.524. The van der Waals surface area contributed by atoms with Gasteiger partial charge in [0, 0.05) is 25.8 Å². The predicted octanol–water partition coefficient (Wildman–Crippen LogP) is 3.82. The van der Waals surface area contributed by atoms with Crippen LogP contribution in [0.3, 0.4) is 0 Å². The Balaban J connectivity index is 1.71. The van der Waals surface area contributed by atoms with Crippen LogP contribution < -0.4 is 15.4 Å². The van der Waals surface area contributed by atoms with E-state index in [1.807, 2.05) is 18.2 Å². The van der Waals surface area contributed by atoms with E-state index in [4.69, 9.17) is 4.74 Å². The molecule has 0 bridgehead atoms. The van der Waals surface area contributed by atoms with Crippen molar-refractivity contribution in [2.45, 2.75) is 31.6 Å². The highest BCUT2D eigenvalue weighted by atomic mass is 19.4. The Morgan fingerprint density at radius 2 is 1.94 bits per heavy atom. The first kappa shape index (κ1) is 23.1. The molecule has 1 saturated heterocycles. The van der Waals surface area contributed by atoms with Gasteiger partial charge in [-0.05, 0) is 57.7 Å². The third-order valence-corrected chi connectivity index (χ3v) is 5.54. The van der Waals surface area contributed by atoms with Gasteiger partial charge in [0.05, 0.1) is 12.8 Å². The normalized spacial score (nSPS) is 15.9. The molecule has 0 unspecified atom stereocenters. The van der Waals surface area contributed by atoms with Gasteiger partial charge in [-0.15, -0.1) is 0 Å². The average Bonchev–Trinajstić information content (AvgIpc) is 2.74. The highest BCUT2D eigenvalue weighted by Crippen LogP contribution is 2.34. The largest absolute Gasteiger partial charge is 0.495 e. The Morgan fingerprint density at radius 3 is 2.52 bits per heavy atom. The second-order valence-electron chi connectivity index (χ2n) is 7.83. The van der Waals surface area contributed by atoms with Crippen LogP contribution in [-0.2, 0) is 12.7 Å². The molecule has 3 rings (SSSR count). The number of ether oxygens (including phenoxy) is 1. The number of hydrogen-bond acceptors (Lipinski definition) is 7. The first-order valence-electron chi connectivity index (χ1n) is 10.2. The van der Waals surface area contributed by atoms with Crippen molar-refractivity contribution in [1.29, 1.82) is 0 Å². The number of benzene rings is 1. The van der Waals surface area contributed by atoms with Crippen LogP contribution in [0.5, 0.6) is 5.75 Å². The highest BCUT2D eigenvalue weighted by Gasteiger charge is 2.35. The Labute approximate surface area is 180 Å². The zero-order valence-corrected chi connectivity index (χ0v) is 18.3. The van der Waals surface area contributed by atoms with E-state index in [2.05, 4.69) is 44.5 Å². The van der Waals surface area contributed by atoms with Gasteiger partial charge in [-0.1, -0.05) is 6.07 Å². The molecular weight excluding hydrogens is 409 g/mol. The molecule has 1 aliphatic rings. The molecule has 1 aliphatic heterocycles. The molecule has 2 aromatic rings. The molecule has 0 spiro atoms. The zero-order valence-electron chi connectivity index (χ0n) is 18.3. The molecular formula is C21H29F3N6O. The summed E-state index contributed by atoms with van der Waals surface area (Å²) in [6, 6.07) is 6.37. The minimum Gasteiger partial charge on any atom is -0.495 e. The molecule has 31 heavy (non-hydrogen) atoms. The maximum absolute atomic E-state index is 13.0. The minimum absolute atomic E-state index is 0.0501. The van der Waals surface area contributed by atoms with E-state index in [-0.39, 0.29) is 11.8 Å². The Kier molecular flexibility index (Phi) is 7.22. The zero-order chi connectivity index (χ0) is 22.6. The average molecular weight is 438 g/mol. The first-order valence-corrected chi connectivity index (χ1v) is 10.2. The van der Waals surface area contributed by atoms with E-state index in [0.29, 0.717) is 17.5 Å². The molecule has 1 aromatic carbocycles. The summed E-state index contributed by atoms with van der Waals surface area (Å²) in [7, 11) is 7.19. The van der Waals surface area contributed by atoms with Gasteiger partial charge in [-0.3, -0.25) is 4.90 Å². The number of alkyl halides is 3. The van der Waals surface area contributed by atoms with Crippen molar-refractivity contribution < 1.29 is 17.9 Å². The summed E-state index contributed by atoms with van der Waals surface area (Å²) in [5.41, 5.74) is 0.773. The maximum atomic E-state index is 13.0. The lowest BCUT2D eigenvalue weighted by molar-refractivity contribution is -0.137. The summed E-state index contributed by atoms with van der Waals surface area (Å²) in [6.45, 7) is 2.90. The molecule has 2 heterocycles. The number of anilines is 3. The lowest BCUT2D eigenvalue weighted by atomic mass is 10.0. The van der Waals surface area contributed by atoms with Gasteiger partial charge in [-0.25, -0.2) is 4.98 Å². The van der Waals surface area contributed by atoms with Crippen LogP contribution >= 0.6 is 0 Å². The van der Waals surface area contributed by atoms with Crippen molar-refractivity contribution in [1.82, 2.24) is 19.8 Å². The lowest BCUT2D eigenvalue weighted by Gasteiger charge is -2.35. The SMILES string of the molecule is CNc1nc(Nc2ccc(CN3CCC(N(C)C)CC3)cc2OC)ncc1C(F)(F)F. The van der Waals surface area contributed by atoms with E-state index in [1.54, 1.807) is 7.11 Å². The highest BCUT2D eigenvalue weighted by molar-refractivity contribution is 5.64. The Hall–Kier alpha value is -2.59. The van der Waals surface area contributed by atoms with Crippen LogP contribution in [0.2, 0.25) is 0 Å². The number of hydrogen-bond donors (Lipinski definition) is 2. The van der Waals surface area contributed by atoms with E-state index < -0.39 is 11.7 Å². The number of rotatable bonds is 7. The fourth-order valence-electron chi connectivity index (χ4n) is 3.75. The van der Waals surface area contributed by atoms with Gasteiger partial charge in [0.15, 0.2) is 0 Å². The second kappa shape index (κ2) is 9.69. The quantitative estimate of drug-likeness (QED) is 0.681. The molecule has 2 N–H and O–H groups in total. The van der Waals surface area contributed by atoms with Crippen molar-refractivity contribution in [3.63, 3.8) is 0 Å². The van der Waals surface area contributed by atoms with Crippen molar-refractivity contribution >= 4 is 17.5 Å². The molecule has 1 fully saturated rings. The molecule has 0 amide bonds. The molecule has 170 valence electrons. The number of aromatic nitrogens is 2. The molecule has 1 aromatic heterocycles. The maximum Gasteiger partial charge on any atom is 0.421 e. The molecule has 0 aliphatic carbocycles. The molecule has 0 atom stereocenters. The summed E-state index contributed by atoms with van der Waals surface area (Å²) in [4.78, 5) is 12.5. The van der Waals surface area contributed by atoms with Gasteiger partial charge >= 0.3 is 6.18 Å². The first-order chi connectivity index (χ1) is 14.7. The standard InChI is InChI=1S/C21H29F3N6O/c1-25-19-16(21(22,23)24)12-26-20(28-19)27-17-6-5-14(11-18(17)31-4)13-30-9-7-15(8-10-30)29(2)3/h5-6,11-12,15H,7-10,13H2,1-4H3,(H2,25,26,27,28). The molecule has 0 saturated carbocycles. The van der Waals surface area contributed by atoms with Crippen LogP contribution in [0.4, 0.5) is 30.6 Å². The number of nitrogens with one attached hydrogen (secondary N) is 2. The van der Waals surface area contributed by atoms with Crippen LogP contribution in [0.25, 0.3) is 0 Å². The fourth-order valence-corrected chi connectivity index (χ4v) is 3.75. The van der Waals surface area contributed by atoms with Gasteiger partial charge in [0.25, 0.3) is 0 Å².